The fraction of sp³-hybridized carbons (Fsp3) is 0.636. The lowest BCUT2D eigenvalue weighted by Gasteiger charge is -2.08. The van der Waals surface area contributed by atoms with E-state index in [4.69, 9.17) is 5.73 Å². The number of carbonyl (C=O) groups excluding carboxylic acids is 1. The molecule has 90 valence electrons. The van der Waals surface area contributed by atoms with Crippen molar-refractivity contribution in [3.63, 3.8) is 0 Å². The Bertz CT molecular complexity index is 334. The Hall–Kier alpha value is -1.36. The molecule has 0 aliphatic carbocycles. The van der Waals surface area contributed by atoms with Gasteiger partial charge in [-0.25, -0.2) is 0 Å². The van der Waals surface area contributed by atoms with Crippen molar-refractivity contribution in [3.05, 3.63) is 11.8 Å². The summed E-state index contributed by atoms with van der Waals surface area (Å²) in [5, 5.41) is 9.50. The summed E-state index contributed by atoms with van der Waals surface area (Å²) >= 11 is 0. The summed E-state index contributed by atoms with van der Waals surface area (Å²) in [6.45, 7) is 4.69. The molecule has 0 saturated heterocycles. The number of aromatic amines is 1. The van der Waals surface area contributed by atoms with E-state index in [-0.39, 0.29) is 5.91 Å². The molecule has 0 fully saturated rings. The molecule has 0 saturated carbocycles. The number of nitrogens with zero attached hydrogens (tertiary/aromatic N) is 1. The highest BCUT2D eigenvalue weighted by Crippen LogP contribution is 2.12. The molecule has 5 heteroatoms. The van der Waals surface area contributed by atoms with Gasteiger partial charge in [-0.3, -0.25) is 9.89 Å². The summed E-state index contributed by atoms with van der Waals surface area (Å²) in [6.07, 6.45) is 3.90. The standard InChI is InChI=1S/C11H20N4O/c1-3-9-7-13-15-11(9)14-10(16)5-4-8(2)6-12/h7-8H,3-6,12H2,1-2H3,(H2,13,14,15,16). The van der Waals surface area contributed by atoms with E-state index in [9.17, 15) is 4.79 Å². The van der Waals surface area contributed by atoms with Crippen LogP contribution in [0.2, 0.25) is 0 Å². The van der Waals surface area contributed by atoms with Crippen molar-refractivity contribution in [2.24, 2.45) is 11.7 Å². The number of hydrogen-bond acceptors (Lipinski definition) is 3. The van der Waals surface area contributed by atoms with Crippen LogP contribution in [-0.2, 0) is 11.2 Å². The van der Waals surface area contributed by atoms with Crippen LogP contribution in [0.4, 0.5) is 5.82 Å². The monoisotopic (exact) mass is 224 g/mol. The van der Waals surface area contributed by atoms with Gasteiger partial charge in [-0.1, -0.05) is 13.8 Å². The first-order chi connectivity index (χ1) is 7.67. The third kappa shape index (κ3) is 3.66. The van der Waals surface area contributed by atoms with Gasteiger partial charge in [-0.05, 0) is 25.3 Å². The minimum atomic E-state index is 0.0132. The maximum Gasteiger partial charge on any atom is 0.225 e. The van der Waals surface area contributed by atoms with E-state index < -0.39 is 0 Å². The van der Waals surface area contributed by atoms with Gasteiger partial charge in [0.25, 0.3) is 0 Å². The number of rotatable bonds is 6. The summed E-state index contributed by atoms with van der Waals surface area (Å²) in [5.41, 5.74) is 6.52. The maximum atomic E-state index is 11.6. The molecule has 16 heavy (non-hydrogen) atoms. The SMILES string of the molecule is CCc1cn[nH]c1NC(=O)CCC(C)CN. The molecular formula is C11H20N4O. The summed E-state index contributed by atoms with van der Waals surface area (Å²) in [7, 11) is 0. The van der Waals surface area contributed by atoms with Crippen molar-refractivity contribution >= 4 is 11.7 Å². The fourth-order valence-corrected chi connectivity index (χ4v) is 1.38. The van der Waals surface area contributed by atoms with Crippen molar-refractivity contribution in [2.75, 3.05) is 11.9 Å². The highest BCUT2D eigenvalue weighted by Gasteiger charge is 2.09. The minimum absolute atomic E-state index is 0.0132. The van der Waals surface area contributed by atoms with E-state index in [0.717, 1.165) is 18.4 Å². The second-order valence-corrected chi connectivity index (χ2v) is 4.05. The molecule has 1 heterocycles. The number of H-pyrrole nitrogens is 1. The van der Waals surface area contributed by atoms with Crippen LogP contribution in [0.1, 0.15) is 32.3 Å². The van der Waals surface area contributed by atoms with Gasteiger partial charge in [0.1, 0.15) is 5.82 Å². The lowest BCUT2D eigenvalue weighted by Crippen LogP contribution is -2.17. The lowest BCUT2D eigenvalue weighted by molar-refractivity contribution is -0.116. The van der Waals surface area contributed by atoms with Gasteiger partial charge in [-0.15, -0.1) is 0 Å². The molecule has 0 bridgehead atoms. The van der Waals surface area contributed by atoms with Gasteiger partial charge in [-0.2, -0.15) is 5.10 Å². The van der Waals surface area contributed by atoms with Crippen LogP contribution in [-0.4, -0.2) is 22.6 Å². The zero-order valence-electron chi connectivity index (χ0n) is 9.92. The summed E-state index contributed by atoms with van der Waals surface area (Å²) in [4.78, 5) is 11.6. The molecule has 0 spiro atoms. The Kier molecular flexibility index (Phi) is 4.98. The van der Waals surface area contributed by atoms with Gasteiger partial charge in [0, 0.05) is 12.0 Å². The van der Waals surface area contributed by atoms with Gasteiger partial charge in [0.15, 0.2) is 0 Å². The van der Waals surface area contributed by atoms with Crippen LogP contribution in [0.5, 0.6) is 0 Å². The lowest BCUT2D eigenvalue weighted by atomic mass is 10.1. The molecule has 1 unspecified atom stereocenters. The largest absolute Gasteiger partial charge is 0.330 e. The zero-order valence-corrected chi connectivity index (χ0v) is 9.92. The predicted molar refractivity (Wildman–Crippen MR) is 64.0 cm³/mol. The van der Waals surface area contributed by atoms with Crippen molar-refractivity contribution in [3.8, 4) is 0 Å². The quantitative estimate of drug-likeness (QED) is 0.680. The number of aromatic nitrogens is 2. The molecule has 5 nitrogen and oxygen atoms in total. The molecule has 0 aromatic carbocycles. The zero-order chi connectivity index (χ0) is 12.0. The summed E-state index contributed by atoms with van der Waals surface area (Å²) in [6, 6.07) is 0. The molecule has 1 aromatic heterocycles. The van der Waals surface area contributed by atoms with E-state index in [1.807, 2.05) is 13.8 Å². The molecule has 1 aromatic rings. The number of nitrogens with one attached hydrogen (secondary N) is 2. The molecule has 1 atom stereocenters. The van der Waals surface area contributed by atoms with E-state index in [0.29, 0.717) is 24.7 Å². The Morgan fingerprint density at radius 3 is 3.06 bits per heavy atom. The third-order valence-corrected chi connectivity index (χ3v) is 2.63. The van der Waals surface area contributed by atoms with Gasteiger partial charge in [0.05, 0.1) is 6.20 Å². The Balaban J connectivity index is 2.40. The number of nitrogens with two attached hydrogens (primary N) is 1. The number of carbonyl (C=O) groups is 1. The number of anilines is 1. The third-order valence-electron chi connectivity index (χ3n) is 2.63. The molecule has 4 N–H and O–H groups in total. The van der Waals surface area contributed by atoms with Gasteiger partial charge in [0.2, 0.25) is 5.91 Å². The van der Waals surface area contributed by atoms with E-state index in [1.165, 1.54) is 0 Å². The summed E-state index contributed by atoms with van der Waals surface area (Å²) in [5.74, 6) is 1.12. The van der Waals surface area contributed by atoms with Crippen LogP contribution < -0.4 is 11.1 Å². The van der Waals surface area contributed by atoms with Gasteiger partial charge >= 0.3 is 0 Å². The topological polar surface area (TPSA) is 83.8 Å². The molecule has 0 radical (unpaired) electrons. The fourth-order valence-electron chi connectivity index (χ4n) is 1.38. The Morgan fingerprint density at radius 1 is 1.69 bits per heavy atom. The molecule has 0 aliphatic rings. The molecular weight excluding hydrogens is 204 g/mol. The second-order valence-electron chi connectivity index (χ2n) is 4.05. The van der Waals surface area contributed by atoms with Crippen LogP contribution >= 0.6 is 0 Å². The Morgan fingerprint density at radius 2 is 2.44 bits per heavy atom. The normalized spacial score (nSPS) is 12.4. The average Bonchev–Trinajstić information content (AvgIpc) is 2.73. The van der Waals surface area contributed by atoms with Crippen molar-refractivity contribution in [2.45, 2.75) is 33.1 Å². The Labute approximate surface area is 95.8 Å². The minimum Gasteiger partial charge on any atom is -0.330 e. The maximum absolute atomic E-state index is 11.6. The molecule has 1 amide bonds. The van der Waals surface area contributed by atoms with Crippen LogP contribution in [0.15, 0.2) is 6.20 Å². The highest BCUT2D eigenvalue weighted by molar-refractivity contribution is 5.90. The first-order valence-corrected chi connectivity index (χ1v) is 5.69. The van der Waals surface area contributed by atoms with Crippen LogP contribution in [0.25, 0.3) is 0 Å². The van der Waals surface area contributed by atoms with Crippen molar-refractivity contribution in [1.29, 1.82) is 0 Å². The second kappa shape index (κ2) is 6.27. The average molecular weight is 224 g/mol. The van der Waals surface area contributed by atoms with Crippen molar-refractivity contribution < 1.29 is 4.79 Å². The number of hydrogen-bond donors (Lipinski definition) is 3. The van der Waals surface area contributed by atoms with Crippen LogP contribution in [0.3, 0.4) is 0 Å². The first kappa shape index (κ1) is 12.7. The smallest absolute Gasteiger partial charge is 0.225 e. The number of amides is 1. The predicted octanol–water partition coefficient (Wildman–Crippen LogP) is 1.29. The highest BCUT2D eigenvalue weighted by atomic mass is 16.1. The van der Waals surface area contributed by atoms with Crippen LogP contribution in [0, 0.1) is 5.92 Å². The first-order valence-electron chi connectivity index (χ1n) is 5.69. The van der Waals surface area contributed by atoms with E-state index >= 15 is 0 Å². The molecule has 0 aliphatic heterocycles. The summed E-state index contributed by atoms with van der Waals surface area (Å²) < 4.78 is 0. The van der Waals surface area contributed by atoms with E-state index in [2.05, 4.69) is 15.5 Å². The van der Waals surface area contributed by atoms with E-state index in [1.54, 1.807) is 6.20 Å². The number of aryl methyl sites for hydroxylation is 1. The van der Waals surface area contributed by atoms with Crippen molar-refractivity contribution in [1.82, 2.24) is 10.2 Å². The molecule has 1 rings (SSSR count). The van der Waals surface area contributed by atoms with Gasteiger partial charge < -0.3 is 11.1 Å².